The van der Waals surface area contributed by atoms with Gasteiger partial charge in [0.15, 0.2) is 5.41 Å². The predicted molar refractivity (Wildman–Crippen MR) is 122 cm³/mol. The van der Waals surface area contributed by atoms with E-state index in [1.807, 2.05) is 60.7 Å². The van der Waals surface area contributed by atoms with Gasteiger partial charge in [-0.1, -0.05) is 83.3 Å². The van der Waals surface area contributed by atoms with Gasteiger partial charge >= 0.3 is 5.97 Å². The van der Waals surface area contributed by atoms with Crippen molar-refractivity contribution >= 4 is 28.6 Å². The summed E-state index contributed by atoms with van der Waals surface area (Å²) in [6, 6.07) is 22.3. The van der Waals surface area contributed by atoms with Crippen molar-refractivity contribution in [3.8, 4) is 6.07 Å². The maximum Gasteiger partial charge on any atom is 0.327 e. The molecule has 3 aliphatic rings. The molecule has 2 aromatic rings. The van der Waals surface area contributed by atoms with Crippen LogP contribution in [0.4, 0.5) is 0 Å². The van der Waals surface area contributed by atoms with Gasteiger partial charge in [-0.15, -0.1) is 0 Å². The lowest BCUT2D eigenvalue weighted by Gasteiger charge is -2.38. The van der Waals surface area contributed by atoms with Crippen LogP contribution in [0.15, 0.2) is 60.7 Å². The van der Waals surface area contributed by atoms with Crippen molar-refractivity contribution in [1.82, 2.24) is 0 Å². The normalized spacial score (nSPS) is 33.8. The van der Waals surface area contributed by atoms with Gasteiger partial charge in [0.25, 0.3) is 0 Å². The first-order chi connectivity index (χ1) is 15.1. The number of carbonyl (C=O) groups is 1. The first kappa shape index (κ1) is 20.9. The van der Waals surface area contributed by atoms with Gasteiger partial charge in [-0.2, -0.15) is 5.26 Å². The molecule has 0 radical (unpaired) electrons. The average molecular weight is 529 g/mol. The summed E-state index contributed by atoms with van der Waals surface area (Å²) in [5.74, 6) is -0.426. The minimum atomic E-state index is -1.12. The van der Waals surface area contributed by atoms with E-state index in [0.29, 0.717) is 19.8 Å². The van der Waals surface area contributed by atoms with Crippen LogP contribution < -0.4 is 0 Å². The molecule has 2 saturated carbocycles. The highest BCUT2D eigenvalue weighted by molar-refractivity contribution is 14.1. The second kappa shape index (κ2) is 8.53. The van der Waals surface area contributed by atoms with Gasteiger partial charge in [0, 0.05) is 11.8 Å². The van der Waals surface area contributed by atoms with Crippen molar-refractivity contribution in [1.29, 1.82) is 5.26 Å². The molecule has 0 amide bonds. The number of alkyl halides is 1. The van der Waals surface area contributed by atoms with E-state index in [0.717, 1.165) is 17.5 Å². The molecule has 2 bridgehead atoms. The maximum absolute atomic E-state index is 12.9. The van der Waals surface area contributed by atoms with Crippen molar-refractivity contribution in [3.05, 3.63) is 71.8 Å². The smallest absolute Gasteiger partial charge is 0.327 e. The van der Waals surface area contributed by atoms with E-state index in [2.05, 4.69) is 28.7 Å². The average Bonchev–Trinajstić information content (AvgIpc) is 3.39. The quantitative estimate of drug-likeness (QED) is 0.290. The second-order valence-electron chi connectivity index (χ2n) is 8.66. The van der Waals surface area contributed by atoms with Crippen LogP contribution in [0, 0.1) is 34.5 Å². The Kier molecular flexibility index (Phi) is 5.76. The number of nitrogens with zero attached hydrogens (tertiary/aromatic N) is 1. The number of rotatable bonds is 8. The third-order valence-electron chi connectivity index (χ3n) is 7.08. The zero-order valence-corrected chi connectivity index (χ0v) is 19.2. The van der Waals surface area contributed by atoms with Gasteiger partial charge in [-0.3, -0.25) is 4.79 Å². The summed E-state index contributed by atoms with van der Waals surface area (Å²) < 4.78 is 18.4. The monoisotopic (exact) mass is 529 g/mol. The molecule has 5 nitrogen and oxygen atoms in total. The minimum Gasteiger partial charge on any atom is -0.460 e. The lowest BCUT2D eigenvalue weighted by atomic mass is 9.65. The van der Waals surface area contributed by atoms with Crippen molar-refractivity contribution in [2.75, 3.05) is 6.61 Å². The summed E-state index contributed by atoms with van der Waals surface area (Å²) in [6.07, 6.45) is 0.336. The van der Waals surface area contributed by atoms with Gasteiger partial charge in [0.2, 0.25) is 0 Å². The molecule has 31 heavy (non-hydrogen) atoms. The van der Waals surface area contributed by atoms with Crippen molar-refractivity contribution in [2.45, 2.75) is 35.8 Å². The summed E-state index contributed by atoms with van der Waals surface area (Å²) in [5, 5.41) is 10.2. The highest BCUT2D eigenvalue weighted by Gasteiger charge is 2.76. The molecule has 1 saturated heterocycles. The molecule has 2 aliphatic carbocycles. The molecule has 0 N–H and O–H groups in total. The number of ether oxygens (including phenoxy) is 3. The fourth-order valence-corrected chi connectivity index (χ4v) is 7.11. The Morgan fingerprint density at radius 3 is 2.39 bits per heavy atom. The largest absolute Gasteiger partial charge is 0.460 e. The fraction of sp³-hybridized carbons (Fsp3) is 0.440. The standard InChI is InChI=1S/C25H24INO4/c26-22-18-11-19-23(22)31-24(28)25(19,15-27)21(18)20(30-13-17-9-5-2-6-10-17)14-29-12-16-7-3-1-4-8-16/h1-10,18-23H,11-14H2/t18-,19-,20+,21-,22-,23-,25+/m0/s1. The van der Waals surface area contributed by atoms with E-state index >= 15 is 0 Å². The summed E-state index contributed by atoms with van der Waals surface area (Å²) in [7, 11) is 0. The zero-order valence-electron chi connectivity index (χ0n) is 17.0. The number of hydrogen-bond acceptors (Lipinski definition) is 5. The molecule has 1 aliphatic heterocycles. The van der Waals surface area contributed by atoms with Gasteiger partial charge < -0.3 is 14.2 Å². The van der Waals surface area contributed by atoms with Gasteiger partial charge in [-0.05, 0) is 23.5 Å². The van der Waals surface area contributed by atoms with Crippen LogP contribution in [0.2, 0.25) is 0 Å². The van der Waals surface area contributed by atoms with E-state index < -0.39 is 5.41 Å². The van der Waals surface area contributed by atoms with E-state index in [-0.39, 0.29) is 39.9 Å². The Hall–Kier alpha value is -1.95. The number of esters is 1. The molecular weight excluding hydrogens is 505 g/mol. The number of nitriles is 1. The summed E-state index contributed by atoms with van der Waals surface area (Å²) >= 11 is 2.40. The van der Waals surface area contributed by atoms with Crippen LogP contribution in [-0.2, 0) is 32.2 Å². The molecule has 0 unspecified atom stereocenters. The van der Waals surface area contributed by atoms with E-state index in [1.165, 1.54) is 0 Å². The number of halogens is 1. The van der Waals surface area contributed by atoms with Gasteiger partial charge in [0.05, 0.1) is 35.9 Å². The lowest BCUT2D eigenvalue weighted by Crippen LogP contribution is -2.49. The lowest BCUT2D eigenvalue weighted by molar-refractivity contribution is -0.150. The van der Waals surface area contributed by atoms with Crippen LogP contribution >= 0.6 is 22.6 Å². The third kappa shape index (κ3) is 3.47. The number of benzene rings is 2. The van der Waals surface area contributed by atoms with Crippen LogP contribution in [0.5, 0.6) is 0 Å². The molecular formula is C25H24INO4. The van der Waals surface area contributed by atoms with Crippen molar-refractivity contribution in [2.24, 2.45) is 23.2 Å². The summed E-state index contributed by atoms with van der Waals surface area (Å²) in [4.78, 5) is 12.9. The van der Waals surface area contributed by atoms with E-state index in [4.69, 9.17) is 14.2 Å². The minimum absolute atomic E-state index is 0.0427. The number of hydrogen-bond donors (Lipinski definition) is 0. The molecule has 160 valence electrons. The van der Waals surface area contributed by atoms with E-state index in [9.17, 15) is 10.1 Å². The maximum atomic E-state index is 12.9. The first-order valence-corrected chi connectivity index (χ1v) is 11.9. The molecule has 5 rings (SSSR count). The molecule has 6 heteroatoms. The topological polar surface area (TPSA) is 68.6 Å². The van der Waals surface area contributed by atoms with Gasteiger partial charge in [-0.25, -0.2) is 0 Å². The third-order valence-corrected chi connectivity index (χ3v) is 8.72. The molecule has 2 aromatic carbocycles. The van der Waals surface area contributed by atoms with Gasteiger partial charge in [0.1, 0.15) is 6.10 Å². The molecule has 7 atom stereocenters. The Bertz CT molecular complexity index is 978. The predicted octanol–water partition coefficient (Wildman–Crippen LogP) is 4.29. The zero-order chi connectivity index (χ0) is 21.4. The Labute approximate surface area is 195 Å². The molecule has 3 fully saturated rings. The highest BCUT2D eigenvalue weighted by atomic mass is 127. The molecule has 0 aromatic heterocycles. The SMILES string of the molecule is N#C[C@@]12C(=O)O[C@@H]3[C@@H](I)[C@@H](C[C@@H]31)[C@H]2[C@@H](COCc1ccccc1)OCc1ccccc1. The van der Waals surface area contributed by atoms with Crippen LogP contribution in [0.25, 0.3) is 0 Å². The Balaban J connectivity index is 1.39. The van der Waals surface area contributed by atoms with Crippen LogP contribution in [-0.4, -0.2) is 28.7 Å². The Morgan fingerprint density at radius 1 is 1.10 bits per heavy atom. The van der Waals surface area contributed by atoms with E-state index in [1.54, 1.807) is 0 Å². The first-order valence-electron chi connectivity index (χ1n) is 10.7. The number of fused-ring (bicyclic) bond motifs is 1. The molecule has 1 heterocycles. The highest BCUT2D eigenvalue weighted by Crippen LogP contribution is 2.67. The second-order valence-corrected chi connectivity index (χ2v) is 10.1. The van der Waals surface area contributed by atoms with Crippen molar-refractivity contribution < 1.29 is 19.0 Å². The summed E-state index contributed by atoms with van der Waals surface area (Å²) in [5.41, 5.74) is 1.02. The van der Waals surface area contributed by atoms with Crippen molar-refractivity contribution in [3.63, 3.8) is 0 Å². The number of carbonyl (C=O) groups excluding carboxylic acids is 1. The summed E-state index contributed by atoms with van der Waals surface area (Å²) in [6.45, 7) is 1.22. The van der Waals surface area contributed by atoms with Crippen LogP contribution in [0.1, 0.15) is 17.5 Å². The fourth-order valence-electron chi connectivity index (χ4n) is 5.73. The Morgan fingerprint density at radius 2 is 1.74 bits per heavy atom. The molecule has 0 spiro atoms. The van der Waals surface area contributed by atoms with Crippen LogP contribution in [0.3, 0.4) is 0 Å².